The molecule has 0 bridgehead atoms. The maximum atomic E-state index is 10.3. The molecule has 2 nitrogen and oxygen atoms in total. The van der Waals surface area contributed by atoms with Crippen LogP contribution in [0.5, 0.6) is 0 Å². The Hall–Kier alpha value is -1.12. The van der Waals surface area contributed by atoms with Crippen LogP contribution in [0.2, 0.25) is 0 Å². The number of aliphatic hydroxyl groups is 2. The Kier molecular flexibility index (Phi) is 7.19. The van der Waals surface area contributed by atoms with Crippen LogP contribution in [0.15, 0.2) is 47.6 Å². The minimum absolute atomic E-state index is 0.164. The number of aliphatic hydroxyl groups excluding tert-OH is 1. The van der Waals surface area contributed by atoms with Crippen molar-refractivity contribution < 1.29 is 10.2 Å². The van der Waals surface area contributed by atoms with Crippen molar-refractivity contribution in [2.75, 3.05) is 0 Å². The van der Waals surface area contributed by atoms with E-state index in [1.54, 1.807) is 5.57 Å². The number of hydrogen-bond acceptors (Lipinski definition) is 2. The molecule has 2 N–H and O–H groups in total. The molecule has 0 aromatic rings. The summed E-state index contributed by atoms with van der Waals surface area (Å²) in [6, 6.07) is 0. The molecule has 3 rings (SSSR count). The monoisotopic (exact) mass is 412 g/mol. The summed E-state index contributed by atoms with van der Waals surface area (Å²) in [6.07, 6.45) is 18.0. The average Bonchev–Trinajstić information content (AvgIpc) is 3.03. The van der Waals surface area contributed by atoms with E-state index in [-0.39, 0.29) is 12.0 Å². The summed E-state index contributed by atoms with van der Waals surface area (Å²) in [4.78, 5) is 0. The summed E-state index contributed by atoms with van der Waals surface area (Å²) < 4.78 is 0. The van der Waals surface area contributed by atoms with Crippen molar-refractivity contribution in [2.45, 2.75) is 97.7 Å². The van der Waals surface area contributed by atoms with E-state index >= 15 is 0 Å². The Balaban J connectivity index is 1.75. The standard InChI is InChI=1S/C28H44O2/c1-19-10-14-24(29)18-23(19)13-12-22-8-7-17-28(6)25(15-16-26(22)28)20(2)9-11-21(3)27(4,5)30/h9,11-13,20-21,24-26,29-30H,1,7-8,10,14-18H2,2-6H3/b11-9+,22-12?,23-13-/t20-,21-,24+,25-,26+,28-/m1/s1. The third-order valence-electron chi connectivity index (χ3n) is 8.68. The molecule has 0 heterocycles. The predicted octanol–water partition coefficient (Wildman–Crippen LogP) is 6.76. The minimum Gasteiger partial charge on any atom is -0.393 e. The second-order valence-corrected chi connectivity index (χ2v) is 11.2. The lowest BCUT2D eigenvalue weighted by Crippen LogP contribution is -2.35. The molecule has 0 aliphatic heterocycles. The van der Waals surface area contributed by atoms with Gasteiger partial charge < -0.3 is 10.2 Å². The van der Waals surface area contributed by atoms with Gasteiger partial charge in [0.05, 0.1) is 11.7 Å². The van der Waals surface area contributed by atoms with Gasteiger partial charge >= 0.3 is 0 Å². The van der Waals surface area contributed by atoms with Crippen LogP contribution in [-0.4, -0.2) is 21.9 Å². The van der Waals surface area contributed by atoms with Crippen molar-refractivity contribution in [3.63, 3.8) is 0 Å². The molecule has 6 atom stereocenters. The van der Waals surface area contributed by atoms with Crippen molar-refractivity contribution in [1.82, 2.24) is 0 Å². The number of hydrogen-bond donors (Lipinski definition) is 2. The number of fused-ring (bicyclic) bond motifs is 1. The van der Waals surface area contributed by atoms with E-state index < -0.39 is 5.60 Å². The summed E-state index contributed by atoms with van der Waals surface area (Å²) in [5.74, 6) is 2.08. The lowest BCUT2D eigenvalue weighted by atomic mass is 9.61. The maximum absolute atomic E-state index is 10.3. The molecule has 0 saturated heterocycles. The molecular weight excluding hydrogens is 368 g/mol. The summed E-state index contributed by atoms with van der Waals surface area (Å²) in [7, 11) is 0. The highest BCUT2D eigenvalue weighted by atomic mass is 16.3. The quantitative estimate of drug-likeness (QED) is 0.490. The molecular formula is C28H44O2. The smallest absolute Gasteiger partial charge is 0.0651 e. The fourth-order valence-electron chi connectivity index (χ4n) is 6.25. The number of allylic oxidation sites excluding steroid dienone is 5. The summed E-state index contributed by atoms with van der Waals surface area (Å²) in [5, 5.41) is 20.3. The average molecular weight is 413 g/mol. The van der Waals surface area contributed by atoms with Gasteiger partial charge in [0, 0.05) is 5.92 Å². The zero-order valence-corrected chi connectivity index (χ0v) is 20.0. The topological polar surface area (TPSA) is 40.5 Å². The normalized spacial score (nSPS) is 37.7. The second kappa shape index (κ2) is 9.17. The van der Waals surface area contributed by atoms with Crippen molar-refractivity contribution in [1.29, 1.82) is 0 Å². The van der Waals surface area contributed by atoms with Gasteiger partial charge in [-0.05, 0) is 94.0 Å². The zero-order valence-electron chi connectivity index (χ0n) is 20.0. The van der Waals surface area contributed by atoms with E-state index in [1.165, 1.54) is 43.3 Å². The molecule has 3 saturated carbocycles. The first kappa shape index (κ1) is 23.5. The van der Waals surface area contributed by atoms with E-state index in [0.29, 0.717) is 23.2 Å². The van der Waals surface area contributed by atoms with Gasteiger partial charge in [-0.2, -0.15) is 0 Å². The first-order valence-electron chi connectivity index (χ1n) is 12.2. The fourth-order valence-corrected chi connectivity index (χ4v) is 6.25. The third-order valence-corrected chi connectivity index (χ3v) is 8.68. The first-order valence-corrected chi connectivity index (χ1v) is 12.2. The van der Waals surface area contributed by atoms with Crippen molar-refractivity contribution in [3.8, 4) is 0 Å². The molecule has 0 radical (unpaired) electrons. The molecule has 168 valence electrons. The lowest BCUT2D eigenvalue weighted by Gasteiger charge is -2.44. The molecule has 3 aliphatic rings. The first-order chi connectivity index (χ1) is 14.0. The Morgan fingerprint density at radius 3 is 2.53 bits per heavy atom. The fraction of sp³-hybridized carbons (Fsp3) is 0.714. The van der Waals surface area contributed by atoms with Crippen LogP contribution in [0.1, 0.15) is 86.0 Å². The van der Waals surface area contributed by atoms with Gasteiger partial charge in [-0.3, -0.25) is 0 Å². The Bertz CT molecular complexity index is 719. The lowest BCUT2D eigenvalue weighted by molar-refractivity contribution is 0.0436. The van der Waals surface area contributed by atoms with Gasteiger partial charge in [-0.1, -0.05) is 62.8 Å². The van der Waals surface area contributed by atoms with E-state index in [9.17, 15) is 10.2 Å². The summed E-state index contributed by atoms with van der Waals surface area (Å²) in [6.45, 7) is 15.0. The van der Waals surface area contributed by atoms with Crippen molar-refractivity contribution in [2.24, 2.45) is 29.1 Å². The summed E-state index contributed by atoms with van der Waals surface area (Å²) >= 11 is 0. The minimum atomic E-state index is -0.663. The predicted molar refractivity (Wildman–Crippen MR) is 127 cm³/mol. The van der Waals surface area contributed by atoms with Crippen LogP contribution in [0.4, 0.5) is 0 Å². The van der Waals surface area contributed by atoms with Gasteiger partial charge in [-0.15, -0.1) is 0 Å². The van der Waals surface area contributed by atoms with E-state index in [1.807, 2.05) is 13.8 Å². The van der Waals surface area contributed by atoms with E-state index in [0.717, 1.165) is 19.3 Å². The van der Waals surface area contributed by atoms with Crippen LogP contribution in [0, 0.1) is 29.1 Å². The third kappa shape index (κ3) is 5.02. The second-order valence-electron chi connectivity index (χ2n) is 11.2. The highest BCUT2D eigenvalue weighted by Gasteiger charge is 2.50. The maximum Gasteiger partial charge on any atom is 0.0651 e. The van der Waals surface area contributed by atoms with Gasteiger partial charge in [0.1, 0.15) is 0 Å². The van der Waals surface area contributed by atoms with Crippen molar-refractivity contribution >= 4 is 0 Å². The highest BCUT2D eigenvalue weighted by Crippen LogP contribution is 2.59. The van der Waals surface area contributed by atoms with Crippen LogP contribution < -0.4 is 0 Å². The molecule has 30 heavy (non-hydrogen) atoms. The van der Waals surface area contributed by atoms with Gasteiger partial charge in [0.25, 0.3) is 0 Å². The molecule has 0 spiro atoms. The van der Waals surface area contributed by atoms with Crippen LogP contribution >= 0.6 is 0 Å². The van der Waals surface area contributed by atoms with Gasteiger partial charge in [-0.25, -0.2) is 0 Å². The van der Waals surface area contributed by atoms with Crippen molar-refractivity contribution in [3.05, 3.63) is 47.6 Å². The largest absolute Gasteiger partial charge is 0.393 e. The SMILES string of the molecule is C=C1CC[C@H](O)C/C1=C/C=C1CCC[C@]2(C)[C@@H]([C@H](C)/C=C/[C@@H](C)C(C)(C)O)CC[C@@H]12. The van der Waals surface area contributed by atoms with E-state index in [4.69, 9.17) is 0 Å². The van der Waals surface area contributed by atoms with Gasteiger partial charge in [0.2, 0.25) is 0 Å². The van der Waals surface area contributed by atoms with Crippen LogP contribution in [0.3, 0.4) is 0 Å². The zero-order chi connectivity index (χ0) is 22.1. The molecule has 0 aromatic carbocycles. The van der Waals surface area contributed by atoms with Gasteiger partial charge in [0.15, 0.2) is 0 Å². The Labute approximate surface area is 184 Å². The molecule has 2 heteroatoms. The number of rotatable bonds is 5. The van der Waals surface area contributed by atoms with Crippen LogP contribution in [0.25, 0.3) is 0 Å². The molecule has 0 aromatic heterocycles. The summed E-state index contributed by atoms with van der Waals surface area (Å²) in [5.41, 5.74) is 3.78. The molecule has 3 aliphatic carbocycles. The molecule has 0 amide bonds. The van der Waals surface area contributed by atoms with E-state index in [2.05, 4.69) is 51.7 Å². The Morgan fingerprint density at radius 2 is 1.83 bits per heavy atom. The highest BCUT2D eigenvalue weighted by molar-refractivity contribution is 5.36. The molecule has 0 unspecified atom stereocenters. The Morgan fingerprint density at radius 1 is 1.10 bits per heavy atom. The van der Waals surface area contributed by atoms with Crippen LogP contribution in [-0.2, 0) is 0 Å². The molecule has 3 fully saturated rings.